The van der Waals surface area contributed by atoms with Gasteiger partial charge in [-0.3, -0.25) is 0 Å². The predicted molar refractivity (Wildman–Crippen MR) is 76.9 cm³/mol. The molecule has 2 rings (SSSR count). The number of thiophene rings is 1. The molecular weight excluding hydrogens is 331 g/mol. The van der Waals surface area contributed by atoms with E-state index < -0.39 is 0 Å². The average molecular weight is 346 g/mol. The van der Waals surface area contributed by atoms with Crippen LogP contribution in [-0.4, -0.2) is 9.55 Å². The third kappa shape index (κ3) is 2.66. The third-order valence-electron chi connectivity index (χ3n) is 2.53. The molecular formula is C12H15IN2S. The lowest BCUT2D eigenvalue weighted by Crippen LogP contribution is -2.11. The molecule has 0 aliphatic carbocycles. The Labute approximate surface area is 114 Å². The Hall–Kier alpha value is -0.360. The smallest absolute Gasteiger partial charge is 0.0951 e. The molecule has 2 aromatic rings. The molecule has 4 heteroatoms. The molecule has 0 bridgehead atoms. The zero-order valence-electron chi connectivity index (χ0n) is 9.43. The quantitative estimate of drug-likeness (QED) is 0.760. The van der Waals surface area contributed by atoms with Crippen molar-refractivity contribution < 1.29 is 0 Å². The van der Waals surface area contributed by atoms with Gasteiger partial charge in [0.15, 0.2) is 0 Å². The Morgan fingerprint density at radius 2 is 2.31 bits per heavy atom. The molecule has 0 saturated carbocycles. The summed E-state index contributed by atoms with van der Waals surface area (Å²) in [6, 6.07) is 2.62. The van der Waals surface area contributed by atoms with E-state index in [1.54, 1.807) is 0 Å². The van der Waals surface area contributed by atoms with Crippen LogP contribution in [0.3, 0.4) is 0 Å². The lowest BCUT2D eigenvalue weighted by atomic mass is 10.0. The van der Waals surface area contributed by atoms with E-state index in [0.29, 0.717) is 12.0 Å². The number of imidazole rings is 1. The van der Waals surface area contributed by atoms with Gasteiger partial charge >= 0.3 is 0 Å². The topological polar surface area (TPSA) is 17.8 Å². The largest absolute Gasteiger partial charge is 0.329 e. The van der Waals surface area contributed by atoms with Crippen LogP contribution in [0.4, 0.5) is 0 Å². The molecule has 16 heavy (non-hydrogen) atoms. The molecule has 0 radical (unpaired) electrons. The van der Waals surface area contributed by atoms with Crippen LogP contribution in [0.2, 0.25) is 0 Å². The van der Waals surface area contributed by atoms with Gasteiger partial charge in [0.2, 0.25) is 0 Å². The fraction of sp³-hybridized carbons (Fsp3) is 0.417. The van der Waals surface area contributed by atoms with Crippen molar-refractivity contribution in [3.05, 3.63) is 38.6 Å². The molecule has 86 valence electrons. The van der Waals surface area contributed by atoms with E-state index in [1.165, 1.54) is 8.45 Å². The highest BCUT2D eigenvalue weighted by atomic mass is 127. The van der Waals surface area contributed by atoms with Gasteiger partial charge in [0.1, 0.15) is 0 Å². The van der Waals surface area contributed by atoms with E-state index in [1.807, 2.05) is 23.9 Å². The molecule has 2 aromatic heterocycles. The molecule has 0 aliphatic heterocycles. The summed E-state index contributed by atoms with van der Waals surface area (Å²) in [5.41, 5.74) is 0. The number of halogens is 1. The fourth-order valence-electron chi connectivity index (χ4n) is 1.81. The van der Waals surface area contributed by atoms with Gasteiger partial charge in [-0.25, -0.2) is 4.98 Å². The molecule has 0 aliphatic rings. The van der Waals surface area contributed by atoms with Crippen LogP contribution in [0.5, 0.6) is 0 Å². The summed E-state index contributed by atoms with van der Waals surface area (Å²) >= 11 is 4.26. The molecule has 1 atom stereocenters. The van der Waals surface area contributed by atoms with E-state index in [0.717, 1.165) is 6.42 Å². The zero-order valence-corrected chi connectivity index (χ0v) is 12.4. The van der Waals surface area contributed by atoms with Crippen LogP contribution in [0.1, 0.15) is 31.2 Å². The molecule has 2 nitrogen and oxygen atoms in total. The minimum atomic E-state index is 0.439. The Balaban J connectivity index is 2.32. The van der Waals surface area contributed by atoms with Crippen LogP contribution < -0.4 is 0 Å². The van der Waals surface area contributed by atoms with Gasteiger partial charge in [0, 0.05) is 20.8 Å². The SMILES string of the molecule is CC(C)CC(c1sccc1I)n1ccnc1. The molecule has 0 amide bonds. The number of aromatic nitrogens is 2. The maximum Gasteiger partial charge on any atom is 0.0951 e. The van der Waals surface area contributed by atoms with Crippen molar-refractivity contribution in [1.29, 1.82) is 0 Å². The first-order valence-corrected chi connectivity index (χ1v) is 7.34. The number of nitrogens with zero attached hydrogens (tertiary/aromatic N) is 2. The highest BCUT2D eigenvalue weighted by Gasteiger charge is 2.18. The first kappa shape index (κ1) is 12.1. The van der Waals surface area contributed by atoms with Crippen LogP contribution in [0.15, 0.2) is 30.2 Å². The summed E-state index contributed by atoms with van der Waals surface area (Å²) in [5.74, 6) is 0.685. The van der Waals surface area contributed by atoms with Gasteiger partial charge < -0.3 is 4.57 Å². The second-order valence-corrected chi connectivity index (χ2v) is 6.40. The predicted octanol–water partition coefficient (Wildman–Crippen LogP) is 4.18. The van der Waals surface area contributed by atoms with Crippen molar-refractivity contribution >= 4 is 33.9 Å². The summed E-state index contributed by atoms with van der Waals surface area (Å²) < 4.78 is 3.58. The lowest BCUT2D eigenvalue weighted by molar-refractivity contribution is 0.455. The van der Waals surface area contributed by atoms with E-state index in [9.17, 15) is 0 Å². The van der Waals surface area contributed by atoms with Gasteiger partial charge in [0.05, 0.1) is 12.4 Å². The Kier molecular flexibility index (Phi) is 4.02. The molecule has 0 spiro atoms. The molecule has 0 saturated heterocycles. The van der Waals surface area contributed by atoms with Crippen molar-refractivity contribution in [3.63, 3.8) is 0 Å². The van der Waals surface area contributed by atoms with Gasteiger partial charge in [-0.1, -0.05) is 13.8 Å². The van der Waals surface area contributed by atoms with Gasteiger partial charge in [0.25, 0.3) is 0 Å². The van der Waals surface area contributed by atoms with Crippen LogP contribution in [0, 0.1) is 9.49 Å². The van der Waals surface area contributed by atoms with Crippen molar-refractivity contribution in [2.75, 3.05) is 0 Å². The second-order valence-electron chi connectivity index (χ2n) is 4.29. The van der Waals surface area contributed by atoms with E-state index in [4.69, 9.17) is 0 Å². The van der Waals surface area contributed by atoms with Crippen molar-refractivity contribution in [2.45, 2.75) is 26.3 Å². The minimum Gasteiger partial charge on any atom is -0.329 e. The van der Waals surface area contributed by atoms with E-state index >= 15 is 0 Å². The maximum absolute atomic E-state index is 4.16. The summed E-state index contributed by atoms with van der Waals surface area (Å²) in [6.45, 7) is 4.54. The van der Waals surface area contributed by atoms with Crippen molar-refractivity contribution in [2.24, 2.45) is 5.92 Å². The number of hydrogen-bond donors (Lipinski definition) is 0. The molecule has 0 N–H and O–H groups in total. The molecule has 0 aromatic carbocycles. The zero-order chi connectivity index (χ0) is 11.5. The average Bonchev–Trinajstić information content (AvgIpc) is 2.84. The number of hydrogen-bond acceptors (Lipinski definition) is 2. The highest BCUT2D eigenvalue weighted by Crippen LogP contribution is 2.32. The van der Waals surface area contributed by atoms with Gasteiger partial charge in [-0.15, -0.1) is 11.3 Å². The monoisotopic (exact) mass is 346 g/mol. The summed E-state index contributed by atoms with van der Waals surface area (Å²) in [5, 5.41) is 2.17. The van der Waals surface area contributed by atoms with E-state index in [-0.39, 0.29) is 0 Å². The number of rotatable bonds is 4. The normalized spacial score (nSPS) is 13.2. The van der Waals surface area contributed by atoms with Gasteiger partial charge in [-0.05, 0) is 46.4 Å². The Morgan fingerprint density at radius 1 is 1.50 bits per heavy atom. The first-order chi connectivity index (χ1) is 7.68. The standard InChI is InChI=1S/C12H15IN2S/c1-9(2)7-11(15-5-4-14-8-15)12-10(13)3-6-16-12/h3-6,8-9,11H,7H2,1-2H3. The highest BCUT2D eigenvalue weighted by molar-refractivity contribution is 14.1. The summed E-state index contributed by atoms with van der Waals surface area (Å²) in [6.07, 6.45) is 6.99. The molecule has 0 fully saturated rings. The van der Waals surface area contributed by atoms with E-state index in [2.05, 4.69) is 63.6 Å². The van der Waals surface area contributed by atoms with Crippen LogP contribution in [-0.2, 0) is 0 Å². The second kappa shape index (κ2) is 5.31. The van der Waals surface area contributed by atoms with Crippen molar-refractivity contribution in [1.82, 2.24) is 9.55 Å². The minimum absolute atomic E-state index is 0.439. The Morgan fingerprint density at radius 3 is 2.81 bits per heavy atom. The fourth-order valence-corrected chi connectivity index (χ4v) is 3.88. The maximum atomic E-state index is 4.16. The first-order valence-electron chi connectivity index (χ1n) is 5.39. The Bertz CT molecular complexity index is 434. The van der Waals surface area contributed by atoms with Crippen molar-refractivity contribution in [3.8, 4) is 0 Å². The van der Waals surface area contributed by atoms with Gasteiger partial charge in [-0.2, -0.15) is 0 Å². The molecule has 2 heterocycles. The molecule has 1 unspecified atom stereocenters. The third-order valence-corrected chi connectivity index (χ3v) is 4.85. The summed E-state index contributed by atoms with van der Waals surface area (Å²) in [4.78, 5) is 5.61. The van der Waals surface area contributed by atoms with Crippen LogP contribution >= 0.6 is 33.9 Å². The van der Waals surface area contributed by atoms with Crippen LogP contribution in [0.25, 0.3) is 0 Å². The summed E-state index contributed by atoms with van der Waals surface area (Å²) in [7, 11) is 0. The lowest BCUT2D eigenvalue weighted by Gasteiger charge is -2.19.